The number of nitrogens with one attached hydrogen (secondary N) is 1. The van der Waals surface area contributed by atoms with Crippen molar-refractivity contribution in [2.24, 2.45) is 0 Å². The van der Waals surface area contributed by atoms with Crippen LogP contribution >= 0.6 is 0 Å². The normalized spacial score (nSPS) is 10.6. The van der Waals surface area contributed by atoms with Crippen molar-refractivity contribution >= 4 is 17.4 Å². The number of ketones is 1. The lowest BCUT2D eigenvalue weighted by molar-refractivity contribution is -0.112. The molecule has 154 valence electrons. The van der Waals surface area contributed by atoms with Gasteiger partial charge in [-0.2, -0.15) is 8.78 Å². The summed E-state index contributed by atoms with van der Waals surface area (Å²) in [5.74, 6) is -0.989. The Kier molecular flexibility index (Phi) is 6.41. The molecule has 3 rings (SSSR count). The number of rotatable bonds is 7. The van der Waals surface area contributed by atoms with E-state index in [2.05, 4.69) is 10.1 Å². The molecule has 0 unspecified atom stereocenters. The second-order valence-electron chi connectivity index (χ2n) is 6.47. The number of alkyl halides is 2. The topological polar surface area (TPSA) is 64.6 Å². The summed E-state index contributed by atoms with van der Waals surface area (Å²) in [5, 5.41) is 2.51. The fourth-order valence-electron chi connectivity index (χ4n) is 2.83. The van der Waals surface area contributed by atoms with Gasteiger partial charge in [-0.25, -0.2) is 0 Å². The Morgan fingerprint density at radius 1 is 0.933 bits per heavy atom. The highest BCUT2D eigenvalue weighted by Crippen LogP contribution is 2.34. The summed E-state index contributed by atoms with van der Waals surface area (Å²) in [5.41, 5.74) is 2.40. The van der Waals surface area contributed by atoms with Crippen molar-refractivity contribution in [2.75, 3.05) is 12.4 Å². The van der Waals surface area contributed by atoms with Crippen molar-refractivity contribution in [2.45, 2.75) is 13.5 Å². The van der Waals surface area contributed by atoms with Crippen LogP contribution in [0.1, 0.15) is 15.9 Å². The Hall–Kier alpha value is -3.74. The van der Waals surface area contributed by atoms with E-state index in [-0.39, 0.29) is 17.0 Å². The van der Waals surface area contributed by atoms with E-state index in [0.29, 0.717) is 16.9 Å². The third-order valence-electron chi connectivity index (χ3n) is 4.37. The van der Waals surface area contributed by atoms with E-state index < -0.39 is 18.3 Å². The molecule has 0 spiro atoms. The van der Waals surface area contributed by atoms with Gasteiger partial charge in [0.25, 0.3) is 11.7 Å². The zero-order valence-corrected chi connectivity index (χ0v) is 16.3. The molecule has 0 atom stereocenters. The summed E-state index contributed by atoms with van der Waals surface area (Å²) in [6.07, 6.45) is 0. The van der Waals surface area contributed by atoms with Gasteiger partial charge in [0.05, 0.1) is 7.11 Å². The van der Waals surface area contributed by atoms with Crippen LogP contribution in [-0.2, 0) is 4.79 Å². The van der Waals surface area contributed by atoms with Gasteiger partial charge in [0.1, 0.15) is 11.5 Å². The third kappa shape index (κ3) is 5.00. The zero-order valence-electron chi connectivity index (χ0n) is 16.3. The van der Waals surface area contributed by atoms with E-state index in [1.807, 2.05) is 6.92 Å². The number of carbonyl (C=O) groups is 2. The maximum absolute atomic E-state index is 12.8. The molecule has 0 bridgehead atoms. The van der Waals surface area contributed by atoms with Gasteiger partial charge >= 0.3 is 6.61 Å². The highest BCUT2D eigenvalue weighted by atomic mass is 19.3. The summed E-state index contributed by atoms with van der Waals surface area (Å²) in [6.45, 7) is -1.14. The quantitative estimate of drug-likeness (QED) is 0.434. The SMILES string of the molecule is COc1ccc(-c2cc(NC(=O)C(=O)c3ccc(C)cc3)ccc2OC(F)F)cc1. The number of benzene rings is 3. The number of anilines is 1. The second-order valence-corrected chi connectivity index (χ2v) is 6.47. The van der Waals surface area contributed by atoms with Crippen LogP contribution < -0.4 is 14.8 Å². The molecule has 0 saturated heterocycles. The van der Waals surface area contributed by atoms with E-state index in [4.69, 9.17) is 4.74 Å². The lowest BCUT2D eigenvalue weighted by Gasteiger charge is -2.14. The first-order valence-electron chi connectivity index (χ1n) is 9.03. The number of amides is 1. The molecule has 30 heavy (non-hydrogen) atoms. The predicted molar refractivity (Wildman–Crippen MR) is 109 cm³/mol. The maximum atomic E-state index is 12.8. The summed E-state index contributed by atoms with van der Waals surface area (Å²) in [6, 6.07) is 17.5. The highest BCUT2D eigenvalue weighted by Gasteiger charge is 2.18. The first-order chi connectivity index (χ1) is 14.4. The largest absolute Gasteiger partial charge is 0.497 e. The van der Waals surface area contributed by atoms with Crippen molar-refractivity contribution < 1.29 is 27.8 Å². The minimum Gasteiger partial charge on any atom is -0.497 e. The number of aryl methyl sites for hydroxylation is 1. The monoisotopic (exact) mass is 411 g/mol. The van der Waals surface area contributed by atoms with Crippen molar-refractivity contribution in [3.8, 4) is 22.6 Å². The minimum absolute atomic E-state index is 0.0574. The molecular weight excluding hydrogens is 392 g/mol. The van der Waals surface area contributed by atoms with Crippen molar-refractivity contribution in [3.63, 3.8) is 0 Å². The van der Waals surface area contributed by atoms with Crippen molar-refractivity contribution in [3.05, 3.63) is 77.9 Å². The zero-order chi connectivity index (χ0) is 21.7. The molecule has 0 aliphatic rings. The van der Waals surface area contributed by atoms with Crippen molar-refractivity contribution in [1.29, 1.82) is 0 Å². The molecule has 1 amide bonds. The highest BCUT2D eigenvalue weighted by molar-refractivity contribution is 6.46. The average Bonchev–Trinajstić information content (AvgIpc) is 2.74. The van der Waals surface area contributed by atoms with Gasteiger partial charge in [-0.15, -0.1) is 0 Å². The van der Waals surface area contributed by atoms with E-state index in [0.717, 1.165) is 5.56 Å². The fourth-order valence-corrected chi connectivity index (χ4v) is 2.83. The van der Waals surface area contributed by atoms with Gasteiger partial charge in [0, 0.05) is 16.8 Å². The Morgan fingerprint density at radius 2 is 1.60 bits per heavy atom. The molecule has 0 aromatic heterocycles. The molecule has 0 aliphatic carbocycles. The van der Waals surface area contributed by atoms with Crippen LogP contribution in [0.4, 0.5) is 14.5 Å². The van der Waals surface area contributed by atoms with Gasteiger partial charge < -0.3 is 14.8 Å². The number of carbonyl (C=O) groups excluding carboxylic acids is 2. The summed E-state index contributed by atoms with van der Waals surface area (Å²) in [4.78, 5) is 24.7. The smallest absolute Gasteiger partial charge is 0.387 e. The molecule has 5 nitrogen and oxygen atoms in total. The number of ether oxygens (including phenoxy) is 2. The Morgan fingerprint density at radius 3 is 2.20 bits per heavy atom. The molecule has 0 aliphatic heterocycles. The average molecular weight is 411 g/mol. The number of hydrogen-bond donors (Lipinski definition) is 1. The van der Waals surface area contributed by atoms with E-state index in [9.17, 15) is 18.4 Å². The Labute approximate surface area is 172 Å². The maximum Gasteiger partial charge on any atom is 0.387 e. The molecule has 0 radical (unpaired) electrons. The standard InChI is InChI=1S/C23H19F2NO4/c1-14-3-5-16(6-4-14)21(27)22(28)26-17-9-12-20(30-23(24)25)19(13-17)15-7-10-18(29-2)11-8-15/h3-13,23H,1-2H3,(H,26,28). The number of halogens is 2. The van der Waals surface area contributed by atoms with Crippen LogP contribution in [0.2, 0.25) is 0 Å². The van der Waals surface area contributed by atoms with E-state index in [1.54, 1.807) is 48.5 Å². The van der Waals surface area contributed by atoms with Crippen LogP contribution in [0, 0.1) is 6.92 Å². The Bertz CT molecular complexity index is 1050. The van der Waals surface area contributed by atoms with Gasteiger partial charge in [-0.05, 0) is 42.8 Å². The molecule has 7 heteroatoms. The van der Waals surface area contributed by atoms with Crippen LogP contribution in [0.5, 0.6) is 11.5 Å². The lowest BCUT2D eigenvalue weighted by Crippen LogP contribution is -2.22. The molecule has 0 fully saturated rings. The van der Waals surface area contributed by atoms with E-state index >= 15 is 0 Å². The van der Waals surface area contributed by atoms with Gasteiger partial charge in [0.2, 0.25) is 0 Å². The molecule has 3 aromatic rings. The molecule has 0 saturated carbocycles. The predicted octanol–water partition coefficient (Wildman–Crippen LogP) is 5.09. The number of methoxy groups -OCH3 is 1. The summed E-state index contributed by atoms with van der Waals surface area (Å²) >= 11 is 0. The first-order valence-corrected chi connectivity index (χ1v) is 9.03. The number of hydrogen-bond acceptors (Lipinski definition) is 4. The molecule has 3 aromatic carbocycles. The Balaban J connectivity index is 1.88. The summed E-state index contributed by atoms with van der Waals surface area (Å²) in [7, 11) is 1.52. The van der Waals surface area contributed by atoms with Gasteiger partial charge in [-0.3, -0.25) is 9.59 Å². The second kappa shape index (κ2) is 9.17. The van der Waals surface area contributed by atoms with Crippen LogP contribution in [0.3, 0.4) is 0 Å². The summed E-state index contributed by atoms with van der Waals surface area (Å²) < 4.78 is 35.3. The molecule has 0 heterocycles. The first kappa shape index (κ1) is 21.0. The van der Waals surface area contributed by atoms with E-state index in [1.165, 1.54) is 25.3 Å². The van der Waals surface area contributed by atoms with Crippen LogP contribution in [0.25, 0.3) is 11.1 Å². The van der Waals surface area contributed by atoms with Crippen LogP contribution in [0.15, 0.2) is 66.7 Å². The van der Waals surface area contributed by atoms with Gasteiger partial charge in [-0.1, -0.05) is 42.0 Å². The number of Topliss-reactive ketones (excluding diaryl/α,β-unsaturated/α-hetero) is 1. The minimum atomic E-state index is -3.01. The van der Waals surface area contributed by atoms with Gasteiger partial charge in [0.15, 0.2) is 0 Å². The molecular formula is C23H19F2NO4. The van der Waals surface area contributed by atoms with Crippen molar-refractivity contribution in [1.82, 2.24) is 0 Å². The fraction of sp³-hybridized carbons (Fsp3) is 0.130. The molecule has 1 N–H and O–H groups in total. The lowest BCUT2D eigenvalue weighted by atomic mass is 10.0. The van der Waals surface area contributed by atoms with Crippen LogP contribution in [-0.4, -0.2) is 25.4 Å². The third-order valence-corrected chi connectivity index (χ3v) is 4.37.